The van der Waals surface area contributed by atoms with Crippen LogP contribution in [0.15, 0.2) is 18.2 Å². The van der Waals surface area contributed by atoms with Gasteiger partial charge in [0.25, 0.3) is 0 Å². The van der Waals surface area contributed by atoms with Crippen LogP contribution in [0.5, 0.6) is 17.2 Å². The van der Waals surface area contributed by atoms with Crippen molar-refractivity contribution in [3.63, 3.8) is 0 Å². The van der Waals surface area contributed by atoms with Crippen LogP contribution in [0, 0.1) is 5.41 Å². The van der Waals surface area contributed by atoms with Crippen LogP contribution >= 0.6 is 21.6 Å². The number of ketones is 3. The Kier molecular flexibility index (Phi) is 14.8. The van der Waals surface area contributed by atoms with Gasteiger partial charge < -0.3 is 54.9 Å². The molecular weight excluding hydrogens is 799 g/mol. The molecule has 0 saturated carbocycles. The van der Waals surface area contributed by atoms with Crippen molar-refractivity contribution < 1.29 is 73.6 Å². The average molecular weight is 850 g/mol. The van der Waals surface area contributed by atoms with Gasteiger partial charge in [-0.05, 0) is 39.7 Å². The Morgan fingerprint density at radius 3 is 2.38 bits per heavy atom. The number of aliphatic hydroxyl groups excluding tert-OH is 2. The van der Waals surface area contributed by atoms with Crippen LogP contribution < -0.4 is 10.1 Å². The van der Waals surface area contributed by atoms with Gasteiger partial charge in [0.1, 0.15) is 42.2 Å². The minimum Gasteiger partial charge on any atom is -0.507 e. The molecule has 0 radical (unpaired) electrons. The SMILES string of the molecule is COc1cccc2c1C(=O)c1c(O)c3c(c(O)c1C2=O)C[C@@](O)(C(=O)CO)C[C@@H]3O[C@H]1C[C@H](NC(=O)OCCSSCCCCCCC(C)(C)C(=O)O)[C@H](O)[C@H](C)O1. The van der Waals surface area contributed by atoms with Crippen molar-refractivity contribution in [2.75, 3.05) is 31.8 Å². The number of phenolic OH excluding ortho intramolecular Hbond substituents is 2. The van der Waals surface area contributed by atoms with Gasteiger partial charge in [-0.25, -0.2) is 4.79 Å². The summed E-state index contributed by atoms with van der Waals surface area (Å²) in [6, 6.07) is 3.35. The summed E-state index contributed by atoms with van der Waals surface area (Å²) in [5.74, 6) is -3.47. The molecule has 3 aliphatic rings. The van der Waals surface area contributed by atoms with Crippen LogP contribution in [0.25, 0.3) is 0 Å². The smallest absolute Gasteiger partial charge is 0.407 e. The first-order valence-electron chi connectivity index (χ1n) is 19.1. The minimum atomic E-state index is -2.34. The number of aromatic hydroxyl groups is 2. The molecule has 0 spiro atoms. The molecular formula is C40H51NO15S2. The first-order valence-corrected chi connectivity index (χ1v) is 21.6. The van der Waals surface area contributed by atoms with E-state index >= 15 is 0 Å². The van der Waals surface area contributed by atoms with Gasteiger partial charge in [-0.2, -0.15) is 0 Å². The number of fused-ring (bicyclic) bond motifs is 3. The molecule has 1 saturated heterocycles. The predicted molar refractivity (Wildman–Crippen MR) is 211 cm³/mol. The van der Waals surface area contributed by atoms with Gasteiger partial charge in [0.15, 0.2) is 17.9 Å². The summed E-state index contributed by atoms with van der Waals surface area (Å²) in [6.45, 7) is 4.00. The van der Waals surface area contributed by atoms with E-state index in [1.54, 1.807) is 35.4 Å². The molecule has 0 aromatic heterocycles. The van der Waals surface area contributed by atoms with Crippen molar-refractivity contribution in [1.29, 1.82) is 0 Å². The fourth-order valence-electron chi connectivity index (χ4n) is 7.53. The summed E-state index contributed by atoms with van der Waals surface area (Å²) < 4.78 is 22.8. The van der Waals surface area contributed by atoms with Crippen molar-refractivity contribution >= 4 is 51.0 Å². The minimum absolute atomic E-state index is 0.0609. The van der Waals surface area contributed by atoms with E-state index in [4.69, 9.17) is 18.9 Å². The maximum Gasteiger partial charge on any atom is 0.407 e. The van der Waals surface area contributed by atoms with E-state index in [0.717, 1.165) is 31.4 Å². The number of benzene rings is 2. The van der Waals surface area contributed by atoms with Crippen LogP contribution in [0.1, 0.15) is 115 Å². The highest BCUT2D eigenvalue weighted by atomic mass is 33.1. The van der Waals surface area contributed by atoms with E-state index in [1.165, 1.54) is 32.2 Å². The molecule has 5 rings (SSSR count). The summed E-state index contributed by atoms with van der Waals surface area (Å²) in [6.07, 6.45) is -2.62. The Bertz CT molecular complexity index is 1900. The number of carbonyl (C=O) groups is 5. The fraction of sp³-hybridized carbons (Fsp3) is 0.575. The summed E-state index contributed by atoms with van der Waals surface area (Å²) in [5, 5.41) is 67.3. The number of carbonyl (C=O) groups excluding carboxylic acids is 4. The normalized spacial score (nSPS) is 24.0. The van der Waals surface area contributed by atoms with Gasteiger partial charge in [-0.1, -0.05) is 53.0 Å². The summed E-state index contributed by atoms with van der Waals surface area (Å²) >= 11 is 0. The molecule has 2 aliphatic carbocycles. The second-order valence-corrected chi connectivity index (χ2v) is 18.1. The molecule has 7 N–H and O–H groups in total. The molecule has 318 valence electrons. The van der Waals surface area contributed by atoms with Crippen molar-refractivity contribution in [2.45, 2.75) is 108 Å². The second kappa shape index (κ2) is 19.0. The van der Waals surface area contributed by atoms with Crippen LogP contribution in [0.2, 0.25) is 0 Å². The number of alkyl carbamates (subject to hydrolysis) is 1. The molecule has 2 aromatic carbocycles. The largest absolute Gasteiger partial charge is 0.507 e. The molecule has 0 bridgehead atoms. The third-order valence-electron chi connectivity index (χ3n) is 10.9. The molecule has 1 amide bonds. The van der Waals surface area contributed by atoms with Gasteiger partial charge in [-0.15, -0.1) is 0 Å². The van der Waals surface area contributed by atoms with E-state index in [9.17, 15) is 54.6 Å². The lowest BCUT2D eigenvalue weighted by Crippen LogP contribution is -2.56. The monoisotopic (exact) mass is 849 g/mol. The van der Waals surface area contributed by atoms with Crippen LogP contribution in [0.4, 0.5) is 4.79 Å². The number of amides is 1. The number of methoxy groups -OCH3 is 1. The van der Waals surface area contributed by atoms with Gasteiger partial charge in [-0.3, -0.25) is 19.2 Å². The maximum absolute atomic E-state index is 13.9. The van der Waals surface area contributed by atoms with Gasteiger partial charge in [0, 0.05) is 47.5 Å². The molecule has 16 nitrogen and oxygen atoms in total. The van der Waals surface area contributed by atoms with Crippen molar-refractivity contribution in [3.8, 4) is 17.2 Å². The van der Waals surface area contributed by atoms with Crippen LogP contribution in [0.3, 0.4) is 0 Å². The lowest BCUT2D eigenvalue weighted by atomic mass is 9.72. The number of unbranched alkanes of at least 4 members (excludes halogenated alkanes) is 3. The third-order valence-corrected chi connectivity index (χ3v) is 13.4. The van der Waals surface area contributed by atoms with E-state index in [-0.39, 0.29) is 41.0 Å². The number of Topliss-reactive ketones (excluding diaryl/α,β-unsaturated/α-hetero) is 1. The molecule has 6 atom stereocenters. The van der Waals surface area contributed by atoms with E-state index in [2.05, 4.69) is 5.32 Å². The molecule has 1 heterocycles. The molecule has 2 aromatic rings. The first kappa shape index (κ1) is 45.2. The zero-order chi connectivity index (χ0) is 42.5. The number of hydrogen-bond acceptors (Lipinski definition) is 16. The maximum atomic E-state index is 13.9. The highest BCUT2D eigenvalue weighted by Crippen LogP contribution is 2.52. The number of carboxylic acids is 1. The summed E-state index contributed by atoms with van der Waals surface area (Å²) in [5.41, 5.74) is -4.77. The molecule has 1 aliphatic heterocycles. The van der Waals surface area contributed by atoms with Crippen molar-refractivity contribution in [2.24, 2.45) is 5.41 Å². The number of aliphatic hydroxyl groups is 3. The summed E-state index contributed by atoms with van der Waals surface area (Å²) in [4.78, 5) is 64.6. The van der Waals surface area contributed by atoms with E-state index in [1.807, 2.05) is 0 Å². The van der Waals surface area contributed by atoms with Crippen LogP contribution in [-0.2, 0) is 30.2 Å². The molecule has 58 heavy (non-hydrogen) atoms. The van der Waals surface area contributed by atoms with Gasteiger partial charge in [0.2, 0.25) is 5.78 Å². The molecule has 18 heteroatoms. The highest BCUT2D eigenvalue weighted by molar-refractivity contribution is 8.76. The third kappa shape index (κ3) is 9.59. The fourth-order valence-corrected chi connectivity index (χ4v) is 9.50. The number of nitrogens with one attached hydrogen (secondary N) is 1. The second-order valence-electron chi connectivity index (χ2n) is 15.4. The topological polar surface area (TPSA) is 256 Å². The van der Waals surface area contributed by atoms with Crippen LogP contribution in [-0.4, -0.2) is 122 Å². The molecule has 1 fully saturated rings. The van der Waals surface area contributed by atoms with E-state index < -0.39 is 113 Å². The number of aliphatic carboxylic acids is 1. The van der Waals surface area contributed by atoms with Gasteiger partial charge >= 0.3 is 12.1 Å². The Hall–Kier alpha value is -3.91. The quantitative estimate of drug-likeness (QED) is 0.0537. The number of rotatable bonds is 18. The molecule has 0 unspecified atom stereocenters. The number of phenols is 2. The van der Waals surface area contributed by atoms with E-state index in [0.29, 0.717) is 12.2 Å². The summed E-state index contributed by atoms with van der Waals surface area (Å²) in [7, 11) is 4.49. The number of ether oxygens (including phenoxy) is 4. The Labute approximate surface area is 343 Å². The highest BCUT2D eigenvalue weighted by Gasteiger charge is 2.50. The Morgan fingerprint density at radius 1 is 1.00 bits per heavy atom. The average Bonchev–Trinajstić information content (AvgIpc) is 3.18. The predicted octanol–water partition coefficient (Wildman–Crippen LogP) is 4.21. The first-order chi connectivity index (χ1) is 27.4. The van der Waals surface area contributed by atoms with Crippen molar-refractivity contribution in [1.82, 2.24) is 5.32 Å². The zero-order valence-corrected chi connectivity index (χ0v) is 34.4. The Balaban J connectivity index is 1.23. The van der Waals surface area contributed by atoms with Crippen molar-refractivity contribution in [3.05, 3.63) is 51.6 Å². The zero-order valence-electron chi connectivity index (χ0n) is 32.8. The lowest BCUT2D eigenvalue weighted by Gasteiger charge is -2.42. The lowest BCUT2D eigenvalue weighted by molar-refractivity contribution is -0.249. The number of carboxylic acid groups (broad SMARTS) is 1. The standard InChI is InChI=1S/C40H51NO15S2/c1-20-32(44)23(41-38(51)54-13-15-58-57-14-8-6-5-7-12-39(2,3)37(49)50)16-27(55-20)56-25-18-40(52,26(43)19-42)17-22-29(25)36(48)31-30(34(22)46)33(45)21-10-9-11-24(53-4)28(21)35(31)47/h9-11,20,23,25,27,32,42,44,46,48,52H,5-8,12-19H2,1-4H3,(H,41,51)(H,49,50)/t20-,23-,25-,27-,32+,40-/m0/s1. The number of hydrogen-bond donors (Lipinski definition) is 7. The van der Waals surface area contributed by atoms with Gasteiger partial charge in [0.05, 0.1) is 47.5 Å². The Morgan fingerprint density at radius 2 is 1.69 bits per heavy atom.